The number of aryl methyl sites for hydroxylation is 2. The van der Waals surface area contributed by atoms with Gasteiger partial charge in [-0.3, -0.25) is 9.88 Å². The molecule has 0 radical (unpaired) electrons. The van der Waals surface area contributed by atoms with E-state index in [2.05, 4.69) is 30.5 Å². The van der Waals surface area contributed by atoms with Gasteiger partial charge in [-0.1, -0.05) is 6.07 Å². The lowest BCUT2D eigenvalue weighted by molar-refractivity contribution is 0.247. The quantitative estimate of drug-likeness (QED) is 0.534. The van der Waals surface area contributed by atoms with Crippen molar-refractivity contribution in [1.29, 1.82) is 0 Å². The van der Waals surface area contributed by atoms with Crippen LogP contribution in [0, 0.1) is 13.8 Å². The van der Waals surface area contributed by atoms with Crippen molar-refractivity contribution in [2.75, 3.05) is 31.1 Å². The Bertz CT molecular complexity index is 1100. The predicted octanol–water partition coefficient (Wildman–Crippen LogP) is 2.25. The highest BCUT2D eigenvalue weighted by atomic mass is 15.3. The highest BCUT2D eigenvalue weighted by molar-refractivity contribution is 5.41. The standard InChI is InChI=1S/C21H24N8/c1-16-11-17(2)29(25-16)21-13-22-12-20(24-21)27-9-7-26(8-10-27)14-18-15-28-6-4-3-5-19(28)23-18/h3-6,11-13,15H,7-10,14H2,1-2H3. The molecule has 0 saturated carbocycles. The highest BCUT2D eigenvalue weighted by Crippen LogP contribution is 2.17. The summed E-state index contributed by atoms with van der Waals surface area (Å²) in [7, 11) is 0. The van der Waals surface area contributed by atoms with E-state index in [0.29, 0.717) is 0 Å². The van der Waals surface area contributed by atoms with Crippen molar-refractivity contribution < 1.29 is 0 Å². The van der Waals surface area contributed by atoms with Crippen LogP contribution in [0.4, 0.5) is 5.82 Å². The monoisotopic (exact) mass is 388 g/mol. The van der Waals surface area contributed by atoms with Gasteiger partial charge in [0, 0.05) is 50.8 Å². The first-order valence-corrected chi connectivity index (χ1v) is 9.91. The fourth-order valence-electron chi connectivity index (χ4n) is 3.89. The van der Waals surface area contributed by atoms with Crippen LogP contribution in [-0.2, 0) is 6.54 Å². The summed E-state index contributed by atoms with van der Waals surface area (Å²) >= 11 is 0. The van der Waals surface area contributed by atoms with E-state index in [1.54, 1.807) is 6.20 Å². The molecule has 8 nitrogen and oxygen atoms in total. The first kappa shape index (κ1) is 17.8. The molecule has 29 heavy (non-hydrogen) atoms. The van der Waals surface area contributed by atoms with E-state index in [-0.39, 0.29) is 0 Å². The summed E-state index contributed by atoms with van der Waals surface area (Å²) in [6, 6.07) is 8.13. The Hall–Kier alpha value is -3.26. The third-order valence-electron chi connectivity index (χ3n) is 5.33. The van der Waals surface area contributed by atoms with Crippen LogP contribution in [0.2, 0.25) is 0 Å². The minimum absolute atomic E-state index is 0.764. The summed E-state index contributed by atoms with van der Waals surface area (Å²) in [5.41, 5.74) is 4.15. The molecule has 0 spiro atoms. The Morgan fingerprint density at radius 2 is 1.79 bits per heavy atom. The maximum atomic E-state index is 4.81. The molecule has 1 fully saturated rings. The second kappa shape index (κ2) is 7.29. The summed E-state index contributed by atoms with van der Waals surface area (Å²) < 4.78 is 3.93. The van der Waals surface area contributed by atoms with Crippen molar-refractivity contribution in [1.82, 2.24) is 34.0 Å². The van der Waals surface area contributed by atoms with E-state index >= 15 is 0 Å². The normalized spacial score (nSPS) is 15.3. The Morgan fingerprint density at radius 1 is 0.966 bits per heavy atom. The SMILES string of the molecule is Cc1cc(C)n(-c2cncc(N3CCN(Cc4cn5ccccc5n4)CC3)n2)n1. The van der Waals surface area contributed by atoms with Crippen LogP contribution in [0.15, 0.2) is 49.1 Å². The average Bonchev–Trinajstić information content (AvgIpc) is 3.30. The first-order valence-electron chi connectivity index (χ1n) is 9.91. The van der Waals surface area contributed by atoms with Crippen molar-refractivity contribution >= 4 is 11.5 Å². The molecule has 0 amide bonds. The Labute approximate surface area is 169 Å². The summed E-state index contributed by atoms with van der Waals surface area (Å²) in [4.78, 5) is 18.7. The van der Waals surface area contributed by atoms with Gasteiger partial charge in [-0.15, -0.1) is 0 Å². The number of hydrogen-bond acceptors (Lipinski definition) is 6. The number of rotatable bonds is 4. The van der Waals surface area contributed by atoms with Gasteiger partial charge in [-0.05, 0) is 32.0 Å². The topological polar surface area (TPSA) is 67.4 Å². The number of pyridine rings is 1. The summed E-state index contributed by atoms with van der Waals surface area (Å²) in [6.07, 6.45) is 7.76. The molecule has 8 heteroatoms. The minimum atomic E-state index is 0.764. The van der Waals surface area contributed by atoms with Gasteiger partial charge in [0.25, 0.3) is 0 Å². The molecule has 0 aromatic carbocycles. The van der Waals surface area contributed by atoms with E-state index in [1.807, 2.05) is 55.2 Å². The number of fused-ring (bicyclic) bond motifs is 1. The van der Waals surface area contributed by atoms with Crippen molar-refractivity contribution in [3.63, 3.8) is 0 Å². The first-order chi connectivity index (χ1) is 14.2. The fraction of sp³-hybridized carbons (Fsp3) is 0.333. The smallest absolute Gasteiger partial charge is 0.174 e. The van der Waals surface area contributed by atoms with Crippen molar-refractivity contribution in [3.05, 3.63) is 66.1 Å². The van der Waals surface area contributed by atoms with Crippen molar-refractivity contribution in [2.24, 2.45) is 0 Å². The van der Waals surface area contributed by atoms with E-state index < -0.39 is 0 Å². The highest BCUT2D eigenvalue weighted by Gasteiger charge is 2.20. The molecular formula is C21H24N8. The van der Waals surface area contributed by atoms with E-state index in [0.717, 1.165) is 67.1 Å². The van der Waals surface area contributed by atoms with Gasteiger partial charge in [0.2, 0.25) is 0 Å². The number of aromatic nitrogens is 6. The van der Waals surface area contributed by atoms with Crippen LogP contribution < -0.4 is 4.90 Å². The molecule has 148 valence electrons. The molecular weight excluding hydrogens is 364 g/mol. The molecule has 1 saturated heterocycles. The number of nitrogens with zero attached hydrogens (tertiary/aromatic N) is 8. The molecule has 4 aromatic heterocycles. The maximum Gasteiger partial charge on any atom is 0.174 e. The molecule has 5 heterocycles. The summed E-state index contributed by atoms with van der Waals surface area (Å²) in [6.45, 7) is 8.67. The van der Waals surface area contributed by atoms with Gasteiger partial charge < -0.3 is 9.30 Å². The molecule has 0 N–H and O–H groups in total. The number of piperazine rings is 1. The largest absolute Gasteiger partial charge is 0.353 e. The van der Waals surface area contributed by atoms with Crippen LogP contribution in [0.25, 0.3) is 11.5 Å². The molecule has 0 unspecified atom stereocenters. The van der Waals surface area contributed by atoms with Crippen LogP contribution in [0.1, 0.15) is 17.1 Å². The molecule has 0 atom stereocenters. The zero-order valence-electron chi connectivity index (χ0n) is 16.7. The van der Waals surface area contributed by atoms with Gasteiger partial charge in [-0.2, -0.15) is 5.10 Å². The van der Waals surface area contributed by atoms with E-state index in [9.17, 15) is 0 Å². The van der Waals surface area contributed by atoms with Gasteiger partial charge in [0.1, 0.15) is 11.5 Å². The second-order valence-corrected chi connectivity index (χ2v) is 7.54. The lowest BCUT2D eigenvalue weighted by Gasteiger charge is -2.34. The predicted molar refractivity (Wildman–Crippen MR) is 111 cm³/mol. The van der Waals surface area contributed by atoms with Gasteiger partial charge in [-0.25, -0.2) is 14.6 Å². The van der Waals surface area contributed by atoms with Gasteiger partial charge in [0.15, 0.2) is 5.82 Å². The molecule has 0 aliphatic carbocycles. The van der Waals surface area contributed by atoms with Gasteiger partial charge >= 0.3 is 0 Å². The van der Waals surface area contributed by atoms with Crippen LogP contribution in [-0.4, -0.2) is 60.2 Å². The van der Waals surface area contributed by atoms with Gasteiger partial charge in [0.05, 0.1) is 23.8 Å². The number of hydrogen-bond donors (Lipinski definition) is 0. The van der Waals surface area contributed by atoms with Crippen molar-refractivity contribution in [2.45, 2.75) is 20.4 Å². The Balaban J connectivity index is 1.26. The Kier molecular flexibility index (Phi) is 4.48. The molecule has 1 aliphatic heterocycles. The third kappa shape index (κ3) is 3.58. The zero-order chi connectivity index (χ0) is 19.8. The van der Waals surface area contributed by atoms with E-state index in [4.69, 9.17) is 9.97 Å². The molecule has 4 aromatic rings. The lowest BCUT2D eigenvalue weighted by atomic mass is 10.3. The summed E-state index contributed by atoms with van der Waals surface area (Å²) in [5, 5.41) is 4.52. The maximum absolute atomic E-state index is 4.81. The fourth-order valence-corrected chi connectivity index (χ4v) is 3.89. The average molecular weight is 388 g/mol. The van der Waals surface area contributed by atoms with E-state index in [1.165, 1.54) is 0 Å². The van der Waals surface area contributed by atoms with Crippen LogP contribution in [0.5, 0.6) is 0 Å². The minimum Gasteiger partial charge on any atom is -0.353 e. The lowest BCUT2D eigenvalue weighted by Crippen LogP contribution is -2.46. The zero-order valence-corrected chi connectivity index (χ0v) is 16.7. The second-order valence-electron chi connectivity index (χ2n) is 7.54. The van der Waals surface area contributed by atoms with Crippen LogP contribution in [0.3, 0.4) is 0 Å². The summed E-state index contributed by atoms with van der Waals surface area (Å²) in [5.74, 6) is 1.67. The van der Waals surface area contributed by atoms with Crippen LogP contribution >= 0.6 is 0 Å². The molecule has 0 bridgehead atoms. The number of anilines is 1. The molecule has 5 rings (SSSR count). The Morgan fingerprint density at radius 3 is 2.55 bits per heavy atom. The molecule has 1 aliphatic rings. The third-order valence-corrected chi connectivity index (χ3v) is 5.33. The van der Waals surface area contributed by atoms with Crippen molar-refractivity contribution in [3.8, 4) is 5.82 Å². The number of imidazole rings is 1.